The van der Waals surface area contributed by atoms with Crippen LogP contribution in [0.2, 0.25) is 0 Å². The number of likely N-dealkylation sites (tertiary alicyclic amines) is 1. The second kappa shape index (κ2) is 9.38. The van der Waals surface area contributed by atoms with Gasteiger partial charge < -0.3 is 15.0 Å². The molecule has 1 aromatic heterocycles. The summed E-state index contributed by atoms with van der Waals surface area (Å²) < 4.78 is 19.3. The highest BCUT2D eigenvalue weighted by atomic mass is 19.1. The standard InChI is InChI=1S/C24H22FN3O3/c25-19-7-1-2-10-22(19)31-18-13-11-17(12-14-18)27-23(29)21-9-4-6-16-28(21)24(30)20-8-3-5-15-26-20/h1-3,5,7-8,10-15,21H,4,6,9,16H2,(H,27,29)/t21-/m1/s1. The molecule has 3 aromatic rings. The molecule has 0 unspecified atom stereocenters. The van der Waals surface area contributed by atoms with Gasteiger partial charge in [0.2, 0.25) is 5.91 Å². The molecule has 0 saturated carbocycles. The van der Waals surface area contributed by atoms with Crippen LogP contribution in [0.5, 0.6) is 11.5 Å². The number of hydrogen-bond donors (Lipinski definition) is 1. The first-order chi connectivity index (χ1) is 15.1. The van der Waals surface area contributed by atoms with Gasteiger partial charge in [0.25, 0.3) is 5.91 Å². The fraction of sp³-hybridized carbons (Fsp3) is 0.208. The monoisotopic (exact) mass is 419 g/mol. The van der Waals surface area contributed by atoms with Gasteiger partial charge in [-0.1, -0.05) is 18.2 Å². The van der Waals surface area contributed by atoms with Crippen molar-refractivity contribution >= 4 is 17.5 Å². The summed E-state index contributed by atoms with van der Waals surface area (Å²) in [6.45, 7) is 0.517. The van der Waals surface area contributed by atoms with E-state index in [9.17, 15) is 14.0 Å². The predicted molar refractivity (Wildman–Crippen MR) is 114 cm³/mol. The van der Waals surface area contributed by atoms with Gasteiger partial charge in [-0.25, -0.2) is 4.39 Å². The number of hydrogen-bond acceptors (Lipinski definition) is 4. The summed E-state index contributed by atoms with van der Waals surface area (Å²) in [4.78, 5) is 31.5. The van der Waals surface area contributed by atoms with Crippen molar-refractivity contribution in [3.63, 3.8) is 0 Å². The van der Waals surface area contributed by atoms with Crippen LogP contribution >= 0.6 is 0 Å². The summed E-state index contributed by atoms with van der Waals surface area (Å²) in [6.07, 6.45) is 3.89. The molecule has 0 radical (unpaired) electrons. The van der Waals surface area contributed by atoms with Gasteiger partial charge in [-0.2, -0.15) is 0 Å². The molecule has 2 aromatic carbocycles. The van der Waals surface area contributed by atoms with E-state index in [0.717, 1.165) is 12.8 Å². The van der Waals surface area contributed by atoms with Crippen LogP contribution in [0, 0.1) is 5.82 Å². The van der Waals surface area contributed by atoms with Gasteiger partial charge in [-0.15, -0.1) is 0 Å². The molecule has 0 aliphatic carbocycles. The number of carbonyl (C=O) groups excluding carboxylic acids is 2. The smallest absolute Gasteiger partial charge is 0.273 e. The summed E-state index contributed by atoms with van der Waals surface area (Å²) in [7, 11) is 0. The molecule has 1 aliphatic heterocycles. The Hall–Kier alpha value is -3.74. The summed E-state index contributed by atoms with van der Waals surface area (Å²) in [6, 6.07) is 17.4. The molecule has 4 rings (SSSR count). The van der Waals surface area contributed by atoms with Crippen molar-refractivity contribution in [2.75, 3.05) is 11.9 Å². The van der Waals surface area contributed by atoms with Crippen molar-refractivity contribution < 1.29 is 18.7 Å². The summed E-state index contributed by atoms with van der Waals surface area (Å²) in [5.41, 5.74) is 0.901. The molecule has 1 N–H and O–H groups in total. The lowest BCUT2D eigenvalue weighted by Gasteiger charge is -2.34. The number of para-hydroxylation sites is 1. The molecule has 158 valence electrons. The summed E-state index contributed by atoms with van der Waals surface area (Å²) in [5, 5.41) is 2.87. The highest BCUT2D eigenvalue weighted by molar-refractivity contribution is 6.00. The number of anilines is 1. The number of nitrogens with one attached hydrogen (secondary N) is 1. The van der Waals surface area contributed by atoms with Gasteiger partial charge in [0.1, 0.15) is 17.5 Å². The second-order valence-corrected chi connectivity index (χ2v) is 7.27. The van der Waals surface area contributed by atoms with E-state index in [-0.39, 0.29) is 17.6 Å². The number of rotatable bonds is 5. The van der Waals surface area contributed by atoms with E-state index < -0.39 is 11.9 Å². The Labute approximate surface area is 179 Å². The maximum absolute atomic E-state index is 13.7. The Bertz CT molecular complexity index is 1060. The minimum absolute atomic E-state index is 0.130. The van der Waals surface area contributed by atoms with Gasteiger partial charge >= 0.3 is 0 Å². The number of carbonyl (C=O) groups is 2. The first-order valence-electron chi connectivity index (χ1n) is 10.2. The average Bonchev–Trinajstić information content (AvgIpc) is 2.82. The zero-order valence-electron chi connectivity index (χ0n) is 16.8. The van der Waals surface area contributed by atoms with Crippen LogP contribution in [-0.4, -0.2) is 34.3 Å². The quantitative estimate of drug-likeness (QED) is 0.654. The fourth-order valence-corrected chi connectivity index (χ4v) is 3.57. The number of nitrogens with zero attached hydrogens (tertiary/aromatic N) is 2. The third-order valence-corrected chi connectivity index (χ3v) is 5.14. The fourth-order valence-electron chi connectivity index (χ4n) is 3.57. The van der Waals surface area contributed by atoms with E-state index in [1.165, 1.54) is 6.07 Å². The Morgan fingerprint density at radius 2 is 1.77 bits per heavy atom. The maximum Gasteiger partial charge on any atom is 0.273 e. The Morgan fingerprint density at radius 1 is 1.00 bits per heavy atom. The third kappa shape index (κ3) is 4.88. The normalized spacial score (nSPS) is 15.9. The van der Waals surface area contributed by atoms with Gasteiger partial charge in [0.15, 0.2) is 11.6 Å². The number of halogens is 1. The summed E-state index contributed by atoms with van der Waals surface area (Å²) >= 11 is 0. The van der Waals surface area contributed by atoms with Crippen molar-refractivity contribution in [1.82, 2.24) is 9.88 Å². The lowest BCUT2D eigenvalue weighted by Crippen LogP contribution is -2.50. The van der Waals surface area contributed by atoms with Crippen LogP contribution in [-0.2, 0) is 4.79 Å². The Morgan fingerprint density at radius 3 is 2.52 bits per heavy atom. The van der Waals surface area contributed by atoms with Crippen LogP contribution in [0.25, 0.3) is 0 Å². The molecule has 2 heterocycles. The maximum atomic E-state index is 13.7. The lowest BCUT2D eigenvalue weighted by atomic mass is 10.0. The van der Waals surface area contributed by atoms with Crippen molar-refractivity contribution in [2.24, 2.45) is 0 Å². The number of piperidine rings is 1. The molecular formula is C24H22FN3O3. The number of aromatic nitrogens is 1. The zero-order chi connectivity index (χ0) is 21.6. The van der Waals surface area contributed by atoms with Gasteiger partial charge in [-0.05, 0) is 67.8 Å². The zero-order valence-corrected chi connectivity index (χ0v) is 16.8. The second-order valence-electron chi connectivity index (χ2n) is 7.27. The highest BCUT2D eigenvalue weighted by Gasteiger charge is 2.33. The molecule has 1 atom stereocenters. The molecule has 31 heavy (non-hydrogen) atoms. The first kappa shape index (κ1) is 20.5. The lowest BCUT2D eigenvalue weighted by molar-refractivity contribution is -0.121. The van der Waals surface area contributed by atoms with Gasteiger partial charge in [0.05, 0.1) is 0 Å². The Balaban J connectivity index is 1.43. The van der Waals surface area contributed by atoms with Gasteiger partial charge in [0, 0.05) is 18.4 Å². The molecule has 2 amide bonds. The molecule has 1 saturated heterocycles. The van der Waals surface area contributed by atoms with E-state index in [0.29, 0.717) is 30.1 Å². The minimum atomic E-state index is -0.558. The largest absolute Gasteiger partial charge is 0.454 e. The van der Waals surface area contributed by atoms with Crippen LogP contribution < -0.4 is 10.1 Å². The number of benzene rings is 2. The van der Waals surface area contributed by atoms with Crippen LogP contribution in [0.1, 0.15) is 29.8 Å². The van der Waals surface area contributed by atoms with E-state index >= 15 is 0 Å². The summed E-state index contributed by atoms with van der Waals surface area (Å²) in [5.74, 6) is -0.353. The molecule has 0 spiro atoms. The third-order valence-electron chi connectivity index (χ3n) is 5.14. The molecule has 1 fully saturated rings. The Kier molecular flexibility index (Phi) is 6.21. The van der Waals surface area contributed by atoms with Crippen molar-refractivity contribution in [3.05, 3.63) is 84.4 Å². The topological polar surface area (TPSA) is 71.5 Å². The van der Waals surface area contributed by atoms with E-state index in [4.69, 9.17) is 4.74 Å². The van der Waals surface area contributed by atoms with Gasteiger partial charge in [-0.3, -0.25) is 14.6 Å². The highest BCUT2D eigenvalue weighted by Crippen LogP contribution is 2.26. The molecule has 0 bridgehead atoms. The SMILES string of the molecule is O=C(Nc1ccc(Oc2ccccc2F)cc1)[C@H]1CCCCN1C(=O)c1ccccn1. The van der Waals surface area contributed by atoms with E-state index in [1.54, 1.807) is 71.8 Å². The molecule has 7 heteroatoms. The molecular weight excluding hydrogens is 397 g/mol. The number of amides is 2. The first-order valence-corrected chi connectivity index (χ1v) is 10.2. The van der Waals surface area contributed by atoms with E-state index in [1.807, 2.05) is 0 Å². The number of ether oxygens (including phenoxy) is 1. The molecule has 6 nitrogen and oxygen atoms in total. The minimum Gasteiger partial charge on any atom is -0.454 e. The van der Waals surface area contributed by atoms with E-state index in [2.05, 4.69) is 10.3 Å². The van der Waals surface area contributed by atoms with Crippen LogP contribution in [0.4, 0.5) is 10.1 Å². The van der Waals surface area contributed by atoms with Crippen molar-refractivity contribution in [1.29, 1.82) is 0 Å². The van der Waals surface area contributed by atoms with Crippen LogP contribution in [0.15, 0.2) is 72.9 Å². The van der Waals surface area contributed by atoms with Crippen molar-refractivity contribution in [2.45, 2.75) is 25.3 Å². The number of pyridine rings is 1. The predicted octanol–water partition coefficient (Wildman–Crippen LogP) is 4.65. The molecule has 1 aliphatic rings. The van der Waals surface area contributed by atoms with Crippen molar-refractivity contribution in [3.8, 4) is 11.5 Å². The van der Waals surface area contributed by atoms with Crippen LogP contribution in [0.3, 0.4) is 0 Å². The average molecular weight is 419 g/mol.